The fourth-order valence-electron chi connectivity index (χ4n) is 2.56. The first-order valence-electron chi connectivity index (χ1n) is 6.96. The topological polar surface area (TPSA) is 55.2 Å². The molecule has 110 valence electrons. The summed E-state index contributed by atoms with van der Waals surface area (Å²) in [4.78, 5) is 10.7. The van der Waals surface area contributed by atoms with Crippen molar-refractivity contribution in [2.24, 2.45) is 5.41 Å². The predicted octanol–water partition coefficient (Wildman–Crippen LogP) is 3.52. The van der Waals surface area contributed by atoms with E-state index in [9.17, 15) is 10.1 Å². The molecule has 1 aromatic rings. The van der Waals surface area contributed by atoms with Crippen LogP contribution in [0.5, 0.6) is 0 Å². The number of nitrogens with one attached hydrogen (secondary N) is 1. The molecule has 0 bridgehead atoms. The summed E-state index contributed by atoms with van der Waals surface area (Å²) in [5, 5.41) is 14.6. The summed E-state index contributed by atoms with van der Waals surface area (Å²) in [5.74, 6) is 2.34. The van der Waals surface area contributed by atoms with E-state index in [0.717, 1.165) is 16.9 Å². The molecular formula is C15H22N2O2S. The van der Waals surface area contributed by atoms with E-state index in [4.69, 9.17) is 0 Å². The lowest BCUT2D eigenvalue weighted by Gasteiger charge is -2.39. The molecule has 0 spiro atoms. The maximum absolute atomic E-state index is 11.0. The molecule has 1 heterocycles. The van der Waals surface area contributed by atoms with Gasteiger partial charge in [-0.3, -0.25) is 10.1 Å². The van der Waals surface area contributed by atoms with Crippen molar-refractivity contribution in [1.82, 2.24) is 5.32 Å². The van der Waals surface area contributed by atoms with Crippen molar-refractivity contribution in [3.8, 4) is 0 Å². The Morgan fingerprint density at radius 2 is 2.25 bits per heavy atom. The Morgan fingerprint density at radius 1 is 1.50 bits per heavy atom. The first kappa shape index (κ1) is 15.3. The molecule has 1 fully saturated rings. The van der Waals surface area contributed by atoms with Gasteiger partial charge in [0, 0.05) is 30.0 Å². The van der Waals surface area contributed by atoms with Gasteiger partial charge in [0.15, 0.2) is 0 Å². The van der Waals surface area contributed by atoms with Crippen LogP contribution in [0.3, 0.4) is 0 Å². The first-order valence-corrected chi connectivity index (χ1v) is 8.11. The van der Waals surface area contributed by atoms with Crippen molar-refractivity contribution < 1.29 is 4.92 Å². The molecule has 1 aliphatic rings. The van der Waals surface area contributed by atoms with Crippen LogP contribution in [0.2, 0.25) is 0 Å². The van der Waals surface area contributed by atoms with E-state index in [2.05, 4.69) is 19.2 Å². The van der Waals surface area contributed by atoms with Gasteiger partial charge in [-0.2, -0.15) is 11.8 Å². The van der Waals surface area contributed by atoms with Crippen LogP contribution in [0.1, 0.15) is 31.4 Å². The zero-order valence-corrected chi connectivity index (χ0v) is 13.1. The van der Waals surface area contributed by atoms with Crippen LogP contribution in [-0.4, -0.2) is 22.5 Å². The van der Waals surface area contributed by atoms with Crippen molar-refractivity contribution >= 4 is 17.4 Å². The lowest BCUT2D eigenvalue weighted by molar-refractivity contribution is -0.385. The highest BCUT2D eigenvalue weighted by Gasteiger charge is 2.32. The quantitative estimate of drug-likeness (QED) is 0.682. The molecule has 0 saturated carbocycles. The molecule has 0 aromatic heterocycles. The molecule has 1 atom stereocenters. The number of hydrogen-bond donors (Lipinski definition) is 1. The second kappa shape index (κ2) is 6.14. The lowest BCUT2D eigenvalue weighted by Crippen LogP contribution is -2.46. The summed E-state index contributed by atoms with van der Waals surface area (Å²) in [6.45, 7) is 7.12. The molecule has 0 radical (unpaired) electrons. The van der Waals surface area contributed by atoms with Crippen LogP contribution in [0.4, 0.5) is 5.69 Å². The van der Waals surface area contributed by atoms with Crippen molar-refractivity contribution in [2.45, 2.75) is 39.8 Å². The van der Waals surface area contributed by atoms with Gasteiger partial charge in [0.25, 0.3) is 5.69 Å². The lowest BCUT2D eigenvalue weighted by atomic mass is 9.82. The molecular weight excluding hydrogens is 272 g/mol. The summed E-state index contributed by atoms with van der Waals surface area (Å²) >= 11 is 1.98. The number of hydrogen-bond acceptors (Lipinski definition) is 4. The second-order valence-electron chi connectivity index (χ2n) is 6.07. The third-order valence-electron chi connectivity index (χ3n) is 4.27. The van der Waals surface area contributed by atoms with E-state index in [1.165, 1.54) is 12.2 Å². The summed E-state index contributed by atoms with van der Waals surface area (Å²) < 4.78 is 0. The minimum Gasteiger partial charge on any atom is -0.309 e. The minimum absolute atomic E-state index is 0.210. The third-order valence-corrected chi connectivity index (χ3v) is 5.33. The largest absolute Gasteiger partial charge is 0.309 e. The molecule has 1 saturated heterocycles. The molecule has 2 rings (SSSR count). The monoisotopic (exact) mass is 294 g/mol. The van der Waals surface area contributed by atoms with E-state index >= 15 is 0 Å². The Kier molecular flexibility index (Phi) is 4.70. The van der Waals surface area contributed by atoms with E-state index in [0.29, 0.717) is 18.0 Å². The fourth-order valence-corrected chi connectivity index (χ4v) is 4.21. The summed E-state index contributed by atoms with van der Waals surface area (Å²) in [5.41, 5.74) is 2.29. The Labute approximate surface area is 124 Å². The van der Waals surface area contributed by atoms with Gasteiger partial charge in [-0.25, -0.2) is 0 Å². The molecule has 4 nitrogen and oxygen atoms in total. The third kappa shape index (κ3) is 3.33. The zero-order chi connectivity index (χ0) is 14.8. The Bertz CT molecular complexity index is 503. The predicted molar refractivity (Wildman–Crippen MR) is 84.2 cm³/mol. The molecule has 5 heteroatoms. The maximum atomic E-state index is 11.0. The number of nitrogens with zero attached hydrogens (tertiary/aromatic N) is 1. The van der Waals surface area contributed by atoms with Gasteiger partial charge < -0.3 is 5.32 Å². The zero-order valence-electron chi connectivity index (χ0n) is 12.3. The fraction of sp³-hybridized carbons (Fsp3) is 0.600. The van der Waals surface area contributed by atoms with Crippen molar-refractivity contribution in [1.29, 1.82) is 0 Å². The highest BCUT2D eigenvalue weighted by atomic mass is 32.2. The van der Waals surface area contributed by atoms with Crippen LogP contribution in [0, 0.1) is 22.5 Å². The van der Waals surface area contributed by atoms with Gasteiger partial charge in [-0.1, -0.05) is 26.0 Å². The highest BCUT2D eigenvalue weighted by molar-refractivity contribution is 7.99. The molecule has 0 amide bonds. The van der Waals surface area contributed by atoms with Gasteiger partial charge >= 0.3 is 0 Å². The molecule has 0 aliphatic carbocycles. The standard InChI is InChI=1S/C15H22N2O2S/c1-11-12(5-4-6-13(11)17(18)19)9-16-14-10-20-8-7-15(14,2)3/h4-6,14,16H,7-10H2,1-3H3. The molecule has 1 aromatic carbocycles. The minimum atomic E-state index is -0.306. The van der Waals surface area contributed by atoms with Crippen LogP contribution >= 0.6 is 11.8 Å². The number of nitro groups is 1. The Balaban J connectivity index is 2.07. The van der Waals surface area contributed by atoms with Gasteiger partial charge in [0.2, 0.25) is 0 Å². The Hall–Kier alpha value is -1.07. The summed E-state index contributed by atoms with van der Waals surface area (Å²) in [7, 11) is 0. The van der Waals surface area contributed by atoms with Gasteiger partial charge in [0.05, 0.1) is 4.92 Å². The van der Waals surface area contributed by atoms with Gasteiger partial charge in [-0.05, 0) is 30.1 Å². The van der Waals surface area contributed by atoms with Crippen molar-refractivity contribution in [3.63, 3.8) is 0 Å². The summed E-state index contributed by atoms with van der Waals surface area (Å²) in [6, 6.07) is 5.76. The normalized spacial score (nSPS) is 21.6. The molecule has 1 N–H and O–H groups in total. The van der Waals surface area contributed by atoms with Crippen molar-refractivity contribution in [3.05, 3.63) is 39.4 Å². The SMILES string of the molecule is Cc1c(CNC2CSCCC2(C)C)cccc1[N+](=O)[O-]. The van der Waals surface area contributed by atoms with Crippen LogP contribution in [-0.2, 0) is 6.54 Å². The smallest absolute Gasteiger partial charge is 0.272 e. The number of rotatable bonds is 4. The average Bonchev–Trinajstić information content (AvgIpc) is 2.38. The van der Waals surface area contributed by atoms with E-state index in [1.807, 2.05) is 24.8 Å². The van der Waals surface area contributed by atoms with Gasteiger partial charge in [0.1, 0.15) is 0 Å². The number of thioether (sulfide) groups is 1. The van der Waals surface area contributed by atoms with E-state index < -0.39 is 0 Å². The van der Waals surface area contributed by atoms with Crippen LogP contribution in [0.15, 0.2) is 18.2 Å². The molecule has 1 unspecified atom stereocenters. The Morgan fingerprint density at radius 3 is 2.90 bits per heavy atom. The average molecular weight is 294 g/mol. The molecule has 20 heavy (non-hydrogen) atoms. The summed E-state index contributed by atoms with van der Waals surface area (Å²) in [6.07, 6.45) is 1.21. The second-order valence-corrected chi connectivity index (χ2v) is 7.22. The first-order chi connectivity index (χ1) is 9.42. The molecule has 1 aliphatic heterocycles. The number of benzene rings is 1. The highest BCUT2D eigenvalue weighted by Crippen LogP contribution is 2.34. The van der Waals surface area contributed by atoms with Crippen LogP contribution in [0.25, 0.3) is 0 Å². The number of nitro benzene ring substituents is 1. The van der Waals surface area contributed by atoms with E-state index in [1.54, 1.807) is 12.1 Å². The van der Waals surface area contributed by atoms with Crippen molar-refractivity contribution in [2.75, 3.05) is 11.5 Å². The van der Waals surface area contributed by atoms with Gasteiger partial charge in [-0.15, -0.1) is 0 Å². The van der Waals surface area contributed by atoms with Crippen LogP contribution < -0.4 is 5.32 Å². The van der Waals surface area contributed by atoms with E-state index in [-0.39, 0.29) is 10.6 Å². The maximum Gasteiger partial charge on any atom is 0.272 e.